The van der Waals surface area contributed by atoms with Crippen LogP contribution >= 0.6 is 69.1 Å². The maximum absolute atomic E-state index is 15.8. The Bertz CT molecular complexity index is 2640. The summed E-state index contributed by atoms with van der Waals surface area (Å²) in [5.74, 6) is -0.864. The molecule has 0 spiro atoms. The molecule has 0 atom stereocenters. The van der Waals surface area contributed by atoms with Gasteiger partial charge in [0.15, 0.2) is 0 Å². The van der Waals surface area contributed by atoms with Gasteiger partial charge in [0, 0.05) is 54.9 Å². The standard InChI is InChI=1S/C38H28Cl4F2N4O3S3/c39-20-9-11-30(26(41)15-20)47-37-22-13-14-52-32(22)17-24(37)35(45-47)28(43)7-5-3-1-2-4-6-8-29(44)36-25-18-33-23(19-34(53-33)54(49,50)51)38(25)48(46-36)31-12-10-21(40)16-27(31)42/h7-16,19H,1-6,17-18H2,(H,49,50,51)/b28-7-,29-8-. The summed E-state index contributed by atoms with van der Waals surface area (Å²) in [4.78, 5) is 1.84. The van der Waals surface area contributed by atoms with Crippen molar-refractivity contribution in [1.29, 1.82) is 0 Å². The third kappa shape index (κ3) is 7.00. The molecule has 0 bridgehead atoms. The molecule has 0 amide bonds. The average molecular weight is 865 g/mol. The molecule has 0 aliphatic heterocycles. The number of nitrogens with zero attached hydrogens (tertiary/aromatic N) is 4. The van der Waals surface area contributed by atoms with E-state index in [-0.39, 0.29) is 27.2 Å². The molecule has 6 aromatic rings. The Labute approximate surface area is 337 Å². The molecule has 2 aromatic carbocycles. The summed E-state index contributed by atoms with van der Waals surface area (Å²) in [5.41, 5.74) is 5.95. The van der Waals surface area contributed by atoms with Crippen LogP contribution in [0.5, 0.6) is 0 Å². The lowest BCUT2D eigenvalue weighted by atomic mass is 10.1. The van der Waals surface area contributed by atoms with Crippen LogP contribution in [0.4, 0.5) is 8.78 Å². The molecular formula is C38H28Cl4F2N4O3S3. The lowest BCUT2D eigenvalue weighted by molar-refractivity contribution is 0.485. The molecule has 0 radical (unpaired) electrons. The normalized spacial score (nSPS) is 13.8. The molecule has 8 rings (SSSR count). The van der Waals surface area contributed by atoms with Crippen LogP contribution in [0.25, 0.3) is 45.5 Å². The van der Waals surface area contributed by atoms with E-state index in [9.17, 15) is 13.0 Å². The highest BCUT2D eigenvalue weighted by Crippen LogP contribution is 2.48. The second-order valence-electron chi connectivity index (χ2n) is 13.0. The van der Waals surface area contributed by atoms with Crippen LogP contribution in [-0.4, -0.2) is 32.5 Å². The van der Waals surface area contributed by atoms with Crippen LogP contribution in [0.2, 0.25) is 20.1 Å². The van der Waals surface area contributed by atoms with Crippen LogP contribution in [0.3, 0.4) is 0 Å². The Balaban J connectivity index is 0.921. The van der Waals surface area contributed by atoms with Crippen molar-refractivity contribution < 1.29 is 21.8 Å². The van der Waals surface area contributed by atoms with E-state index in [0.717, 1.165) is 58.7 Å². The number of unbranched alkanes of at least 4 members (excludes halogenated alkanes) is 5. The van der Waals surface area contributed by atoms with Gasteiger partial charge in [-0.3, -0.25) is 4.55 Å². The summed E-state index contributed by atoms with van der Waals surface area (Å²) in [6.07, 6.45) is 8.08. The molecule has 54 heavy (non-hydrogen) atoms. The first-order valence-corrected chi connectivity index (χ1v) is 21.6. The summed E-state index contributed by atoms with van der Waals surface area (Å²) in [7, 11) is -4.42. The molecular weight excluding hydrogens is 836 g/mol. The van der Waals surface area contributed by atoms with Gasteiger partial charge in [0.05, 0.1) is 32.8 Å². The van der Waals surface area contributed by atoms with Gasteiger partial charge >= 0.3 is 10.1 Å². The van der Waals surface area contributed by atoms with Gasteiger partial charge in [0.1, 0.15) is 27.3 Å². The summed E-state index contributed by atoms with van der Waals surface area (Å²) < 4.78 is 67.9. The Morgan fingerprint density at radius 2 is 1.26 bits per heavy atom. The topological polar surface area (TPSA) is 90.0 Å². The number of rotatable bonds is 12. The zero-order chi connectivity index (χ0) is 37.9. The number of aromatic nitrogens is 4. The fourth-order valence-electron chi connectivity index (χ4n) is 6.99. The maximum atomic E-state index is 15.8. The predicted molar refractivity (Wildman–Crippen MR) is 215 cm³/mol. The van der Waals surface area contributed by atoms with Crippen LogP contribution in [-0.2, 0) is 23.0 Å². The first kappa shape index (κ1) is 37.6. The van der Waals surface area contributed by atoms with Crippen molar-refractivity contribution in [3.63, 3.8) is 0 Å². The number of allylic oxidation sites excluding steroid dienone is 2. The van der Waals surface area contributed by atoms with Crippen LogP contribution in [0.1, 0.15) is 70.8 Å². The highest BCUT2D eigenvalue weighted by Gasteiger charge is 2.34. The third-order valence-corrected chi connectivity index (χ3v) is 13.9. The van der Waals surface area contributed by atoms with Gasteiger partial charge < -0.3 is 0 Å². The van der Waals surface area contributed by atoms with E-state index in [2.05, 4.69) is 10.2 Å². The van der Waals surface area contributed by atoms with Crippen molar-refractivity contribution >= 4 is 90.8 Å². The lowest BCUT2D eigenvalue weighted by Crippen LogP contribution is -2.00. The maximum Gasteiger partial charge on any atom is 0.304 e. The number of hydrogen-bond donors (Lipinski definition) is 1. The van der Waals surface area contributed by atoms with Crippen LogP contribution in [0, 0.1) is 0 Å². The Morgan fingerprint density at radius 3 is 1.78 bits per heavy atom. The second kappa shape index (κ2) is 15.0. The van der Waals surface area contributed by atoms with E-state index in [4.69, 9.17) is 46.4 Å². The smallest absolute Gasteiger partial charge is 0.281 e. The van der Waals surface area contributed by atoms with Crippen molar-refractivity contribution in [3.05, 3.63) is 118 Å². The minimum atomic E-state index is -4.42. The monoisotopic (exact) mass is 862 g/mol. The van der Waals surface area contributed by atoms with Gasteiger partial charge in [-0.25, -0.2) is 18.1 Å². The average Bonchev–Trinajstić information content (AvgIpc) is 3.94. The summed E-state index contributed by atoms with van der Waals surface area (Å²) in [5, 5.41) is 12.9. The molecule has 2 aliphatic carbocycles. The van der Waals surface area contributed by atoms with Gasteiger partial charge in [-0.05, 0) is 91.7 Å². The van der Waals surface area contributed by atoms with E-state index >= 15 is 8.78 Å². The Morgan fingerprint density at radius 1 is 0.741 bits per heavy atom. The second-order valence-corrected chi connectivity index (χ2v) is 18.4. The molecule has 1 N–H and O–H groups in total. The zero-order valence-corrected chi connectivity index (χ0v) is 33.5. The number of hydrogen-bond acceptors (Lipinski definition) is 6. The number of benzene rings is 2. The van der Waals surface area contributed by atoms with E-state index in [1.165, 1.54) is 16.8 Å². The largest absolute Gasteiger partial charge is 0.304 e. The number of fused-ring (bicyclic) bond motifs is 6. The Hall–Kier alpha value is -3.33. The molecule has 278 valence electrons. The van der Waals surface area contributed by atoms with Gasteiger partial charge in [0.25, 0.3) is 0 Å². The lowest BCUT2D eigenvalue weighted by Gasteiger charge is -2.08. The van der Waals surface area contributed by atoms with Crippen molar-refractivity contribution in [1.82, 2.24) is 19.6 Å². The quantitative estimate of drug-likeness (QED) is 0.0976. The molecule has 4 aromatic heterocycles. The van der Waals surface area contributed by atoms with E-state index < -0.39 is 15.9 Å². The van der Waals surface area contributed by atoms with Crippen molar-refractivity contribution in [3.8, 4) is 33.9 Å². The van der Waals surface area contributed by atoms with E-state index in [0.29, 0.717) is 73.1 Å². The molecule has 0 saturated heterocycles. The number of thiophene rings is 2. The molecule has 0 saturated carbocycles. The zero-order valence-electron chi connectivity index (χ0n) is 28.1. The van der Waals surface area contributed by atoms with Crippen LogP contribution in [0.15, 0.2) is 70.3 Å². The van der Waals surface area contributed by atoms with E-state index in [1.807, 2.05) is 11.4 Å². The number of halogens is 6. The summed E-state index contributed by atoms with van der Waals surface area (Å²) >= 11 is 27.9. The van der Waals surface area contributed by atoms with Crippen molar-refractivity contribution in [2.75, 3.05) is 0 Å². The third-order valence-electron chi connectivity index (χ3n) is 9.47. The van der Waals surface area contributed by atoms with Gasteiger partial charge in [-0.15, -0.1) is 22.7 Å². The fourth-order valence-corrected chi connectivity index (χ4v) is 10.7. The van der Waals surface area contributed by atoms with Crippen molar-refractivity contribution in [2.45, 2.75) is 55.6 Å². The first-order chi connectivity index (χ1) is 25.9. The molecule has 0 unspecified atom stereocenters. The van der Waals surface area contributed by atoms with E-state index in [1.54, 1.807) is 58.5 Å². The van der Waals surface area contributed by atoms with Gasteiger partial charge in [0.2, 0.25) is 0 Å². The summed E-state index contributed by atoms with van der Waals surface area (Å²) in [6.45, 7) is 0. The fraction of sp³-hybridized carbons (Fsp3) is 0.211. The van der Waals surface area contributed by atoms with Crippen molar-refractivity contribution in [2.24, 2.45) is 0 Å². The van der Waals surface area contributed by atoms with Crippen LogP contribution < -0.4 is 0 Å². The molecule has 4 heterocycles. The predicted octanol–water partition coefficient (Wildman–Crippen LogP) is 12.8. The highest BCUT2D eigenvalue weighted by molar-refractivity contribution is 7.88. The SMILES string of the molecule is O=S(=O)(O)c1cc2c(s1)Cc1c(/C(F)=C/CCCCCC/C=C(\F)c3nn(-c4ccc(Cl)cc4Cl)c4c3Cc3sccc3-4)nn(-c3ccc(Cl)cc3Cl)c1-2. The minimum absolute atomic E-state index is 0.149. The minimum Gasteiger partial charge on any atom is -0.281 e. The molecule has 7 nitrogen and oxygen atoms in total. The Kier molecular flexibility index (Phi) is 10.4. The van der Waals surface area contributed by atoms with Gasteiger partial charge in [-0.2, -0.15) is 18.6 Å². The molecule has 2 aliphatic rings. The highest BCUT2D eigenvalue weighted by atomic mass is 35.5. The molecule has 0 fully saturated rings. The van der Waals surface area contributed by atoms with Gasteiger partial charge in [-0.1, -0.05) is 59.2 Å². The first-order valence-electron chi connectivity index (χ1n) is 16.9. The summed E-state index contributed by atoms with van der Waals surface area (Å²) in [6, 6.07) is 13.4. The molecule has 16 heteroatoms.